The van der Waals surface area contributed by atoms with Crippen LogP contribution in [0, 0.1) is 0 Å². The van der Waals surface area contributed by atoms with Crippen LogP contribution < -0.4 is 4.90 Å². The van der Waals surface area contributed by atoms with E-state index in [1.807, 2.05) is 0 Å². The quantitative estimate of drug-likeness (QED) is 0.791. The Morgan fingerprint density at radius 3 is 1.88 bits per heavy atom. The molecule has 0 bridgehead atoms. The number of urea groups is 1. The minimum absolute atomic E-state index is 0.150. The molecule has 0 radical (unpaired) electrons. The average molecular weight is 344 g/mol. The summed E-state index contributed by atoms with van der Waals surface area (Å²) < 4.78 is 25.4. The molecule has 7 nitrogen and oxygen atoms in total. The molecule has 2 aromatic rings. The van der Waals surface area contributed by atoms with E-state index >= 15 is 0 Å². The summed E-state index contributed by atoms with van der Waals surface area (Å²) in [5.74, 6) is -1.84. The minimum Gasteiger partial charge on any atom is -0.273 e. The lowest BCUT2D eigenvalue weighted by molar-refractivity contribution is -0.131. The van der Waals surface area contributed by atoms with Gasteiger partial charge in [-0.3, -0.25) is 9.59 Å². The highest BCUT2D eigenvalue weighted by atomic mass is 32.2. The van der Waals surface area contributed by atoms with Crippen LogP contribution in [0.15, 0.2) is 65.6 Å². The molecular formula is C16H12N2O5S. The number of rotatable bonds is 3. The third-order valence-electron chi connectivity index (χ3n) is 3.44. The Hall–Kier alpha value is -3.00. The van der Waals surface area contributed by atoms with E-state index in [-0.39, 0.29) is 14.9 Å². The second-order valence-corrected chi connectivity index (χ2v) is 6.79. The lowest BCUT2D eigenvalue weighted by atomic mass is 10.2. The van der Waals surface area contributed by atoms with Crippen molar-refractivity contribution in [2.45, 2.75) is 11.3 Å². The largest absolute Gasteiger partial charge is 0.352 e. The number of amides is 4. The number of hydrogen-bond acceptors (Lipinski definition) is 5. The van der Waals surface area contributed by atoms with Crippen molar-refractivity contribution in [1.82, 2.24) is 4.31 Å². The Morgan fingerprint density at radius 2 is 1.29 bits per heavy atom. The summed E-state index contributed by atoms with van der Waals surface area (Å²) in [6.45, 7) is 0. The SMILES string of the molecule is O=C1CC(=O)N(S(=O)(=O)c2ccccc2)C(=O)N1c1ccccc1. The maximum Gasteiger partial charge on any atom is 0.352 e. The Morgan fingerprint density at radius 1 is 0.750 bits per heavy atom. The maximum absolute atomic E-state index is 12.6. The summed E-state index contributed by atoms with van der Waals surface area (Å²) >= 11 is 0. The van der Waals surface area contributed by atoms with E-state index < -0.39 is 34.3 Å². The first-order valence-corrected chi connectivity index (χ1v) is 8.42. The van der Waals surface area contributed by atoms with E-state index in [0.29, 0.717) is 4.90 Å². The van der Waals surface area contributed by atoms with Gasteiger partial charge in [0.25, 0.3) is 15.9 Å². The fourth-order valence-corrected chi connectivity index (χ4v) is 3.68. The zero-order chi connectivity index (χ0) is 17.3. The molecule has 24 heavy (non-hydrogen) atoms. The highest BCUT2D eigenvalue weighted by Gasteiger charge is 2.45. The molecule has 1 saturated heterocycles. The second kappa shape index (κ2) is 5.89. The number of carbonyl (C=O) groups is 3. The average Bonchev–Trinajstić information content (AvgIpc) is 2.56. The van der Waals surface area contributed by atoms with E-state index in [9.17, 15) is 22.8 Å². The van der Waals surface area contributed by atoms with Crippen LogP contribution in [0.1, 0.15) is 6.42 Å². The molecule has 122 valence electrons. The first-order chi connectivity index (χ1) is 11.4. The Balaban J connectivity index is 2.07. The summed E-state index contributed by atoms with van der Waals surface area (Å²) in [7, 11) is -4.38. The molecule has 8 heteroatoms. The van der Waals surface area contributed by atoms with Crippen LogP contribution in [-0.4, -0.2) is 30.6 Å². The number of nitrogens with zero attached hydrogens (tertiary/aromatic N) is 2. The number of benzene rings is 2. The number of imide groups is 2. The van der Waals surface area contributed by atoms with E-state index in [0.717, 1.165) is 0 Å². The fraction of sp³-hybridized carbons (Fsp3) is 0.0625. The van der Waals surface area contributed by atoms with Gasteiger partial charge in [0.2, 0.25) is 5.91 Å². The number of anilines is 1. The van der Waals surface area contributed by atoms with Crippen molar-refractivity contribution in [1.29, 1.82) is 0 Å². The maximum atomic E-state index is 12.6. The van der Waals surface area contributed by atoms with Crippen LogP contribution in [-0.2, 0) is 19.6 Å². The summed E-state index contributed by atoms with van der Waals surface area (Å²) in [6, 6.07) is 13.8. The summed E-state index contributed by atoms with van der Waals surface area (Å²) in [5.41, 5.74) is 0.202. The van der Waals surface area contributed by atoms with Gasteiger partial charge in [0.05, 0.1) is 10.6 Å². The lowest BCUT2D eigenvalue weighted by Crippen LogP contribution is -2.57. The van der Waals surface area contributed by atoms with E-state index in [1.54, 1.807) is 24.3 Å². The number of hydrogen-bond donors (Lipinski definition) is 0. The normalized spacial score (nSPS) is 15.8. The number of sulfonamides is 1. The van der Waals surface area contributed by atoms with Gasteiger partial charge in [0.15, 0.2) is 0 Å². The van der Waals surface area contributed by atoms with Crippen molar-refractivity contribution in [2.24, 2.45) is 0 Å². The molecule has 1 aliphatic heterocycles. The van der Waals surface area contributed by atoms with Gasteiger partial charge < -0.3 is 0 Å². The number of carbonyl (C=O) groups excluding carboxylic acids is 3. The van der Waals surface area contributed by atoms with Crippen LogP contribution in [0.4, 0.5) is 10.5 Å². The second-order valence-electron chi connectivity index (χ2n) is 5.00. The lowest BCUT2D eigenvalue weighted by Gasteiger charge is -2.31. The molecule has 0 atom stereocenters. The van der Waals surface area contributed by atoms with Crippen molar-refractivity contribution in [3.8, 4) is 0 Å². The van der Waals surface area contributed by atoms with Crippen molar-refractivity contribution < 1.29 is 22.8 Å². The van der Waals surface area contributed by atoms with Crippen molar-refractivity contribution in [3.63, 3.8) is 0 Å². The topological polar surface area (TPSA) is 91.8 Å². The van der Waals surface area contributed by atoms with E-state index in [2.05, 4.69) is 0 Å². The van der Waals surface area contributed by atoms with Crippen LogP contribution >= 0.6 is 0 Å². The third kappa shape index (κ3) is 2.56. The molecule has 1 heterocycles. The monoisotopic (exact) mass is 344 g/mol. The zero-order valence-corrected chi connectivity index (χ0v) is 13.1. The highest BCUT2D eigenvalue weighted by Crippen LogP contribution is 2.26. The van der Waals surface area contributed by atoms with E-state index in [4.69, 9.17) is 0 Å². The molecule has 3 rings (SSSR count). The predicted octanol–water partition coefficient (Wildman–Crippen LogP) is 1.76. The molecule has 0 saturated carbocycles. The molecule has 1 fully saturated rings. The standard InChI is InChI=1S/C16H12N2O5S/c19-14-11-15(20)18(24(22,23)13-9-5-2-6-10-13)16(21)17(14)12-7-3-1-4-8-12/h1-10H,11H2. The van der Waals surface area contributed by atoms with Gasteiger partial charge in [-0.15, -0.1) is 0 Å². The molecule has 4 amide bonds. The Kier molecular flexibility index (Phi) is 3.90. The van der Waals surface area contributed by atoms with Crippen LogP contribution in [0.3, 0.4) is 0 Å². The summed E-state index contributed by atoms with van der Waals surface area (Å²) in [5, 5.41) is 0. The number of para-hydroxylation sites is 1. The highest BCUT2D eigenvalue weighted by molar-refractivity contribution is 7.90. The van der Waals surface area contributed by atoms with Gasteiger partial charge in [-0.25, -0.2) is 18.1 Å². The van der Waals surface area contributed by atoms with Crippen LogP contribution in [0.2, 0.25) is 0 Å². The van der Waals surface area contributed by atoms with Crippen molar-refractivity contribution in [3.05, 3.63) is 60.7 Å². The Labute approximate surface area is 138 Å². The fourth-order valence-electron chi connectivity index (χ4n) is 2.35. The van der Waals surface area contributed by atoms with Gasteiger partial charge in [0, 0.05) is 0 Å². The van der Waals surface area contributed by atoms with Gasteiger partial charge in [-0.1, -0.05) is 36.4 Å². The number of barbiturate groups is 1. The molecule has 2 aromatic carbocycles. The minimum atomic E-state index is -4.38. The molecule has 0 aromatic heterocycles. The molecule has 0 unspecified atom stereocenters. The molecular weight excluding hydrogens is 332 g/mol. The van der Waals surface area contributed by atoms with E-state index in [1.165, 1.54) is 36.4 Å². The first-order valence-electron chi connectivity index (χ1n) is 6.98. The first kappa shape index (κ1) is 15.9. The van der Waals surface area contributed by atoms with Gasteiger partial charge in [-0.2, -0.15) is 4.31 Å². The smallest absolute Gasteiger partial charge is 0.273 e. The zero-order valence-electron chi connectivity index (χ0n) is 12.3. The third-order valence-corrected chi connectivity index (χ3v) is 5.15. The van der Waals surface area contributed by atoms with Crippen molar-refractivity contribution >= 4 is 33.6 Å². The van der Waals surface area contributed by atoms with Gasteiger partial charge >= 0.3 is 6.03 Å². The summed E-state index contributed by atoms with van der Waals surface area (Å²) in [4.78, 5) is 37.3. The molecule has 0 N–H and O–H groups in total. The predicted molar refractivity (Wildman–Crippen MR) is 84.4 cm³/mol. The molecule has 0 aliphatic carbocycles. The molecule has 1 aliphatic rings. The van der Waals surface area contributed by atoms with Gasteiger partial charge in [-0.05, 0) is 24.3 Å². The van der Waals surface area contributed by atoms with Crippen LogP contribution in [0.5, 0.6) is 0 Å². The molecule has 0 spiro atoms. The van der Waals surface area contributed by atoms with Crippen LogP contribution in [0.25, 0.3) is 0 Å². The summed E-state index contributed by atoms with van der Waals surface area (Å²) in [6.07, 6.45) is -0.702. The van der Waals surface area contributed by atoms with Crippen molar-refractivity contribution in [2.75, 3.05) is 4.90 Å². The Bertz CT molecular complexity index is 910. The van der Waals surface area contributed by atoms with Gasteiger partial charge in [0.1, 0.15) is 6.42 Å².